The number of halogens is 3. The van der Waals surface area contributed by atoms with Crippen molar-refractivity contribution in [3.05, 3.63) is 35.1 Å². The van der Waals surface area contributed by atoms with Gasteiger partial charge in [-0.25, -0.2) is 18.0 Å². The highest BCUT2D eigenvalue weighted by Gasteiger charge is 2.43. The number of carbonyl (C=O) groups excluding carboxylic acids is 1. The number of rotatable bonds is 6. The SMILES string of the molecule is CO[C@@](Cc1cc(F)c(F)cc1F)(NC(=O)C(C)(C)N)C(=O)O. The molecule has 9 heteroatoms. The fourth-order valence-electron chi connectivity index (χ4n) is 1.70. The number of ether oxygens (including phenoxy) is 1. The van der Waals surface area contributed by atoms with Crippen LogP contribution in [0.5, 0.6) is 0 Å². The Balaban J connectivity index is 3.25. The van der Waals surface area contributed by atoms with Crippen molar-refractivity contribution in [1.82, 2.24) is 5.32 Å². The van der Waals surface area contributed by atoms with E-state index in [0.29, 0.717) is 6.07 Å². The van der Waals surface area contributed by atoms with E-state index >= 15 is 0 Å². The summed E-state index contributed by atoms with van der Waals surface area (Å²) in [4.78, 5) is 23.4. The van der Waals surface area contributed by atoms with Crippen LogP contribution in [0, 0.1) is 17.5 Å². The van der Waals surface area contributed by atoms with Crippen molar-refractivity contribution in [2.75, 3.05) is 7.11 Å². The fourth-order valence-corrected chi connectivity index (χ4v) is 1.70. The highest BCUT2D eigenvalue weighted by molar-refractivity contribution is 5.90. The van der Waals surface area contributed by atoms with Crippen molar-refractivity contribution in [3.63, 3.8) is 0 Å². The Bertz CT molecular complexity index is 631. The van der Waals surface area contributed by atoms with E-state index in [-0.39, 0.29) is 6.07 Å². The Morgan fingerprint density at radius 2 is 1.74 bits per heavy atom. The Labute approximate surface area is 130 Å². The highest BCUT2D eigenvalue weighted by Crippen LogP contribution is 2.21. The molecule has 0 saturated carbocycles. The third-order valence-corrected chi connectivity index (χ3v) is 3.12. The van der Waals surface area contributed by atoms with Gasteiger partial charge in [-0.05, 0) is 25.5 Å². The standard InChI is InChI=1S/C14H17F3N2O4/c1-13(2,18)11(20)19-14(23-3,12(21)22)6-7-4-9(16)10(17)5-8(7)15/h4-5H,6,18H2,1-3H3,(H,19,20)(H,21,22)/t14-/m1/s1. The number of carboxylic acid groups (broad SMARTS) is 1. The maximum Gasteiger partial charge on any atom is 0.357 e. The first-order valence-corrected chi connectivity index (χ1v) is 6.46. The zero-order valence-electron chi connectivity index (χ0n) is 12.7. The molecule has 1 aromatic carbocycles. The molecule has 4 N–H and O–H groups in total. The average molecular weight is 334 g/mol. The summed E-state index contributed by atoms with van der Waals surface area (Å²) in [6, 6.07) is 0.781. The number of hydrogen-bond acceptors (Lipinski definition) is 4. The van der Waals surface area contributed by atoms with Crippen molar-refractivity contribution in [1.29, 1.82) is 0 Å². The van der Waals surface area contributed by atoms with Crippen molar-refractivity contribution in [2.45, 2.75) is 31.5 Å². The van der Waals surface area contributed by atoms with Gasteiger partial charge in [-0.2, -0.15) is 0 Å². The molecule has 6 nitrogen and oxygen atoms in total. The summed E-state index contributed by atoms with van der Waals surface area (Å²) in [6.45, 7) is 2.64. The van der Waals surface area contributed by atoms with Gasteiger partial charge in [0.15, 0.2) is 11.6 Å². The number of hydrogen-bond donors (Lipinski definition) is 3. The fraction of sp³-hybridized carbons (Fsp3) is 0.429. The summed E-state index contributed by atoms with van der Waals surface area (Å²) >= 11 is 0. The maximum absolute atomic E-state index is 13.7. The van der Waals surface area contributed by atoms with Crippen molar-refractivity contribution >= 4 is 11.9 Å². The lowest BCUT2D eigenvalue weighted by atomic mass is 9.99. The molecule has 0 spiro atoms. The molecular weight excluding hydrogens is 317 g/mol. The average Bonchev–Trinajstić information content (AvgIpc) is 2.42. The van der Waals surface area contributed by atoms with Gasteiger partial charge in [-0.15, -0.1) is 0 Å². The molecule has 0 saturated heterocycles. The summed E-state index contributed by atoms with van der Waals surface area (Å²) in [7, 11) is 0.968. The third-order valence-electron chi connectivity index (χ3n) is 3.12. The molecule has 128 valence electrons. The number of methoxy groups -OCH3 is 1. The van der Waals surface area contributed by atoms with Crippen LogP contribution in [0.25, 0.3) is 0 Å². The Morgan fingerprint density at radius 3 is 2.17 bits per heavy atom. The van der Waals surface area contributed by atoms with Crippen LogP contribution in [-0.2, 0) is 20.7 Å². The molecule has 1 atom stereocenters. The summed E-state index contributed by atoms with van der Waals surface area (Å²) in [5.74, 6) is -6.49. The van der Waals surface area contributed by atoms with Gasteiger partial charge in [0, 0.05) is 19.6 Å². The van der Waals surface area contributed by atoms with Crippen LogP contribution in [0.4, 0.5) is 13.2 Å². The largest absolute Gasteiger partial charge is 0.478 e. The van der Waals surface area contributed by atoms with Gasteiger partial charge in [0.1, 0.15) is 5.82 Å². The van der Waals surface area contributed by atoms with Crippen LogP contribution in [0.1, 0.15) is 19.4 Å². The molecule has 1 rings (SSSR count). The minimum atomic E-state index is -2.39. The molecule has 0 aliphatic rings. The minimum Gasteiger partial charge on any atom is -0.478 e. The quantitative estimate of drug-likeness (QED) is 0.531. The minimum absolute atomic E-state index is 0.279. The predicted octanol–water partition coefficient (Wildman–Crippen LogP) is 0.927. The molecule has 0 bridgehead atoms. The Hall–Kier alpha value is -2.13. The van der Waals surface area contributed by atoms with Crippen LogP contribution in [0.3, 0.4) is 0 Å². The van der Waals surface area contributed by atoms with E-state index in [2.05, 4.69) is 5.32 Å². The van der Waals surface area contributed by atoms with E-state index < -0.39 is 52.6 Å². The van der Waals surface area contributed by atoms with Gasteiger partial charge in [0.05, 0.1) is 5.54 Å². The highest BCUT2D eigenvalue weighted by atomic mass is 19.2. The summed E-state index contributed by atoms with van der Waals surface area (Å²) in [5, 5.41) is 11.4. The van der Waals surface area contributed by atoms with E-state index in [1.807, 2.05) is 0 Å². The normalized spacial score (nSPS) is 14.2. The van der Waals surface area contributed by atoms with Crippen molar-refractivity contribution in [3.8, 4) is 0 Å². The lowest BCUT2D eigenvalue weighted by Crippen LogP contribution is -2.63. The Morgan fingerprint density at radius 1 is 1.22 bits per heavy atom. The molecule has 0 unspecified atom stereocenters. The van der Waals surface area contributed by atoms with Crippen molar-refractivity contribution < 1.29 is 32.6 Å². The molecule has 0 fully saturated rings. The van der Waals surface area contributed by atoms with Crippen LogP contribution in [-0.4, -0.2) is 35.4 Å². The van der Waals surface area contributed by atoms with Crippen LogP contribution in [0.15, 0.2) is 12.1 Å². The lowest BCUT2D eigenvalue weighted by Gasteiger charge is -2.32. The second-order valence-corrected chi connectivity index (χ2v) is 5.55. The molecule has 0 radical (unpaired) electrons. The van der Waals surface area contributed by atoms with Gasteiger partial charge in [-0.3, -0.25) is 4.79 Å². The van der Waals surface area contributed by atoms with E-state index in [9.17, 15) is 27.9 Å². The molecule has 0 heterocycles. The van der Waals surface area contributed by atoms with Gasteiger partial charge < -0.3 is 20.9 Å². The van der Waals surface area contributed by atoms with E-state index in [1.165, 1.54) is 13.8 Å². The molecule has 0 aromatic heterocycles. The molecule has 1 aromatic rings. The van der Waals surface area contributed by atoms with E-state index in [0.717, 1.165) is 7.11 Å². The number of nitrogens with two attached hydrogens (primary N) is 1. The van der Waals surface area contributed by atoms with Gasteiger partial charge in [0.2, 0.25) is 11.6 Å². The van der Waals surface area contributed by atoms with Gasteiger partial charge in [-0.1, -0.05) is 0 Å². The smallest absolute Gasteiger partial charge is 0.357 e. The first-order chi connectivity index (χ1) is 10.4. The first-order valence-electron chi connectivity index (χ1n) is 6.46. The van der Waals surface area contributed by atoms with Crippen molar-refractivity contribution in [2.24, 2.45) is 5.73 Å². The number of carbonyl (C=O) groups is 2. The number of nitrogens with one attached hydrogen (secondary N) is 1. The number of carboxylic acids is 1. The molecule has 0 aliphatic heterocycles. The zero-order chi connectivity index (χ0) is 18.0. The predicted molar refractivity (Wildman–Crippen MR) is 73.8 cm³/mol. The van der Waals surface area contributed by atoms with Crippen LogP contribution < -0.4 is 11.1 Å². The number of benzene rings is 1. The van der Waals surface area contributed by atoms with Gasteiger partial charge >= 0.3 is 5.97 Å². The second-order valence-electron chi connectivity index (χ2n) is 5.55. The Kier molecular flexibility index (Phi) is 5.39. The summed E-state index contributed by atoms with van der Waals surface area (Å²) < 4.78 is 44.8. The monoisotopic (exact) mass is 334 g/mol. The van der Waals surface area contributed by atoms with Crippen LogP contribution in [0.2, 0.25) is 0 Å². The molecule has 0 aliphatic carbocycles. The molecule has 23 heavy (non-hydrogen) atoms. The summed E-state index contributed by atoms with van der Waals surface area (Å²) in [6.07, 6.45) is -0.774. The maximum atomic E-state index is 13.7. The third kappa shape index (κ3) is 4.20. The number of aliphatic carboxylic acids is 1. The summed E-state index contributed by atoms with van der Waals surface area (Å²) in [5.41, 5.74) is 1.25. The van der Waals surface area contributed by atoms with E-state index in [1.54, 1.807) is 0 Å². The molecular formula is C14H17F3N2O4. The second kappa shape index (κ2) is 6.55. The number of amides is 1. The first kappa shape index (κ1) is 18.9. The lowest BCUT2D eigenvalue weighted by molar-refractivity contribution is -0.170. The molecule has 1 amide bonds. The topological polar surface area (TPSA) is 102 Å². The van der Waals surface area contributed by atoms with Gasteiger partial charge in [0.25, 0.3) is 0 Å². The van der Waals surface area contributed by atoms with E-state index in [4.69, 9.17) is 10.5 Å². The van der Waals surface area contributed by atoms with Crippen LogP contribution >= 0.6 is 0 Å². The zero-order valence-corrected chi connectivity index (χ0v) is 12.7.